The number of nitrogens with zero attached hydrogens (tertiary/aromatic N) is 2. The largest absolute Gasteiger partial charge is 0.292 e. The molecule has 2 rings (SSSR count). The van der Waals surface area contributed by atoms with Crippen molar-refractivity contribution in [2.75, 3.05) is 10.8 Å². The molecule has 2 aromatic rings. The van der Waals surface area contributed by atoms with Crippen LogP contribution in [-0.2, 0) is 0 Å². The molecule has 0 aliphatic heterocycles. The zero-order chi connectivity index (χ0) is 16.1. The number of hydrogen-bond donors (Lipinski definition) is 2. The zero-order valence-electron chi connectivity index (χ0n) is 11.7. The zero-order valence-corrected chi connectivity index (χ0v) is 14.1. The Morgan fingerprint density at radius 3 is 2.77 bits per heavy atom. The van der Waals surface area contributed by atoms with E-state index in [0.717, 1.165) is 17.3 Å². The number of ketones is 1. The first-order valence-corrected chi connectivity index (χ1v) is 8.43. The maximum Gasteiger partial charge on any atom is 0.183 e. The van der Waals surface area contributed by atoms with Crippen molar-refractivity contribution in [2.45, 2.75) is 6.92 Å². The van der Waals surface area contributed by atoms with E-state index in [4.69, 9.17) is 22.5 Å². The Bertz CT molecular complexity index is 716. The van der Waals surface area contributed by atoms with Gasteiger partial charge in [0, 0.05) is 0 Å². The Morgan fingerprint density at radius 2 is 2.18 bits per heavy atom. The fourth-order valence-corrected chi connectivity index (χ4v) is 3.47. The molecule has 1 aromatic carbocycles. The first-order valence-electron chi connectivity index (χ1n) is 6.25. The molecule has 5 nitrogen and oxygen atoms in total. The molecule has 1 heterocycles. The van der Waals surface area contributed by atoms with E-state index in [1.54, 1.807) is 18.2 Å². The molecule has 114 valence electrons. The van der Waals surface area contributed by atoms with Crippen LogP contribution in [-0.4, -0.2) is 16.7 Å². The summed E-state index contributed by atoms with van der Waals surface area (Å²) in [7, 11) is 0. The van der Waals surface area contributed by atoms with Crippen molar-refractivity contribution >= 4 is 51.3 Å². The fourth-order valence-electron chi connectivity index (χ4n) is 1.71. The van der Waals surface area contributed by atoms with Crippen molar-refractivity contribution in [1.29, 1.82) is 10.9 Å². The standard InChI is InChI=1S/C14H13ClN4OS2/c1-9-3-2-4-10(7-9)19(18-17)14(16)21-8-11(20)12-5-6-13(15)22-12/h2-7,16-17H,8H2,1H3. The molecule has 0 amide bonds. The first-order chi connectivity index (χ1) is 10.5. The molecule has 0 radical (unpaired) electrons. The number of amidine groups is 1. The number of thiophene rings is 1. The molecule has 0 aliphatic rings. The third-order valence-electron chi connectivity index (χ3n) is 2.73. The van der Waals surface area contributed by atoms with Crippen LogP contribution in [0.4, 0.5) is 5.69 Å². The van der Waals surface area contributed by atoms with E-state index in [-0.39, 0.29) is 16.7 Å². The lowest BCUT2D eigenvalue weighted by molar-refractivity contribution is 0.102. The average molecular weight is 353 g/mol. The quantitative estimate of drug-likeness (QED) is 0.261. The van der Waals surface area contributed by atoms with Crippen LogP contribution in [0.25, 0.3) is 0 Å². The van der Waals surface area contributed by atoms with Crippen LogP contribution < -0.4 is 5.01 Å². The van der Waals surface area contributed by atoms with Gasteiger partial charge in [-0.3, -0.25) is 10.2 Å². The molecule has 0 saturated carbocycles. The normalized spacial score (nSPS) is 10.3. The molecule has 1 aromatic heterocycles. The van der Waals surface area contributed by atoms with Gasteiger partial charge in [0.2, 0.25) is 0 Å². The number of benzene rings is 1. The van der Waals surface area contributed by atoms with E-state index < -0.39 is 0 Å². The van der Waals surface area contributed by atoms with E-state index in [9.17, 15) is 4.79 Å². The van der Waals surface area contributed by atoms with Gasteiger partial charge in [-0.15, -0.1) is 11.3 Å². The van der Waals surface area contributed by atoms with Crippen molar-refractivity contribution in [1.82, 2.24) is 0 Å². The molecule has 0 saturated heterocycles. The number of carbonyl (C=O) groups excluding carboxylic acids is 1. The smallest absolute Gasteiger partial charge is 0.183 e. The van der Waals surface area contributed by atoms with E-state index in [0.29, 0.717) is 14.9 Å². The van der Waals surface area contributed by atoms with Gasteiger partial charge < -0.3 is 0 Å². The summed E-state index contributed by atoms with van der Waals surface area (Å²) >= 11 is 8.05. The van der Waals surface area contributed by atoms with E-state index in [1.165, 1.54) is 16.3 Å². The third-order valence-corrected chi connectivity index (χ3v) is 4.85. The molecular formula is C14H13ClN4OS2. The van der Waals surface area contributed by atoms with Crippen molar-refractivity contribution in [3.8, 4) is 0 Å². The summed E-state index contributed by atoms with van der Waals surface area (Å²) in [5, 5.41) is 12.6. The lowest BCUT2D eigenvalue weighted by atomic mass is 10.2. The van der Waals surface area contributed by atoms with Gasteiger partial charge in [-0.05, 0) is 36.8 Å². The Kier molecular flexibility index (Phi) is 5.70. The summed E-state index contributed by atoms with van der Waals surface area (Å²) in [5.41, 5.74) is 8.88. The van der Waals surface area contributed by atoms with Crippen LogP contribution in [0.15, 0.2) is 41.6 Å². The number of thioether (sulfide) groups is 1. The lowest BCUT2D eigenvalue weighted by Gasteiger charge is -2.17. The SMILES string of the molecule is Cc1cccc(N(N=N)C(=N)SCC(=O)c2ccc(Cl)s2)c1. The van der Waals surface area contributed by atoms with Gasteiger partial charge in [-0.2, -0.15) is 10.5 Å². The van der Waals surface area contributed by atoms with Gasteiger partial charge in [-0.25, -0.2) is 0 Å². The molecule has 0 bridgehead atoms. The van der Waals surface area contributed by atoms with Crippen molar-refractivity contribution in [3.05, 3.63) is 51.2 Å². The van der Waals surface area contributed by atoms with Gasteiger partial charge in [-0.1, -0.05) is 40.7 Å². The maximum atomic E-state index is 12.0. The second kappa shape index (κ2) is 7.53. The number of halogens is 1. The molecule has 0 aliphatic carbocycles. The van der Waals surface area contributed by atoms with Crippen LogP contribution in [0.5, 0.6) is 0 Å². The number of hydrogen-bond acceptors (Lipinski definition) is 6. The van der Waals surface area contributed by atoms with E-state index in [1.807, 2.05) is 25.1 Å². The van der Waals surface area contributed by atoms with Gasteiger partial charge in [0.25, 0.3) is 0 Å². The van der Waals surface area contributed by atoms with Gasteiger partial charge >= 0.3 is 0 Å². The van der Waals surface area contributed by atoms with Crippen molar-refractivity contribution in [2.24, 2.45) is 5.22 Å². The molecule has 0 unspecified atom stereocenters. The molecular weight excluding hydrogens is 340 g/mol. The summed E-state index contributed by atoms with van der Waals surface area (Å²) in [6, 6.07) is 10.7. The lowest BCUT2D eigenvalue weighted by Crippen LogP contribution is -2.22. The number of rotatable bonds is 5. The highest BCUT2D eigenvalue weighted by Crippen LogP contribution is 2.24. The highest BCUT2D eigenvalue weighted by atomic mass is 35.5. The van der Waals surface area contributed by atoms with Crippen LogP contribution in [0, 0.1) is 17.9 Å². The minimum Gasteiger partial charge on any atom is -0.292 e. The molecule has 0 fully saturated rings. The third kappa shape index (κ3) is 4.16. The molecule has 8 heteroatoms. The number of anilines is 1. The summed E-state index contributed by atoms with van der Waals surface area (Å²) in [6.07, 6.45) is 0. The Labute approximate surface area is 141 Å². The molecule has 0 spiro atoms. The van der Waals surface area contributed by atoms with Crippen molar-refractivity contribution < 1.29 is 4.79 Å². The Morgan fingerprint density at radius 1 is 1.41 bits per heavy atom. The van der Waals surface area contributed by atoms with Crippen molar-refractivity contribution in [3.63, 3.8) is 0 Å². The van der Waals surface area contributed by atoms with Gasteiger partial charge in [0.05, 0.1) is 20.7 Å². The van der Waals surface area contributed by atoms with Gasteiger partial charge in [0.1, 0.15) is 0 Å². The number of carbonyl (C=O) groups is 1. The van der Waals surface area contributed by atoms with Gasteiger partial charge in [0.15, 0.2) is 11.0 Å². The Balaban J connectivity index is 2.01. The van der Waals surface area contributed by atoms with Crippen LogP contribution >= 0.6 is 34.7 Å². The van der Waals surface area contributed by atoms with Crippen LogP contribution in [0.2, 0.25) is 4.34 Å². The number of nitrogens with one attached hydrogen (secondary N) is 2. The predicted octanol–water partition coefficient (Wildman–Crippen LogP) is 5.01. The number of aryl methyl sites for hydroxylation is 1. The predicted molar refractivity (Wildman–Crippen MR) is 92.6 cm³/mol. The summed E-state index contributed by atoms with van der Waals surface area (Å²) in [6.45, 7) is 1.92. The molecule has 22 heavy (non-hydrogen) atoms. The second-order valence-electron chi connectivity index (χ2n) is 4.37. The second-order valence-corrected chi connectivity index (χ2v) is 7.05. The van der Waals surface area contributed by atoms with E-state index in [2.05, 4.69) is 5.22 Å². The minimum absolute atomic E-state index is 0.0246. The average Bonchev–Trinajstić information content (AvgIpc) is 2.92. The highest BCUT2D eigenvalue weighted by Gasteiger charge is 2.16. The summed E-state index contributed by atoms with van der Waals surface area (Å²) in [5.74, 6) is 0.00821. The summed E-state index contributed by atoms with van der Waals surface area (Å²) < 4.78 is 0.561. The fraction of sp³-hybridized carbons (Fsp3) is 0.143. The minimum atomic E-state index is -0.0965. The van der Waals surface area contributed by atoms with Crippen LogP contribution in [0.1, 0.15) is 15.2 Å². The molecule has 0 atom stereocenters. The highest BCUT2D eigenvalue weighted by molar-refractivity contribution is 8.14. The monoisotopic (exact) mass is 352 g/mol. The molecule has 2 N–H and O–H groups in total. The van der Waals surface area contributed by atoms with Crippen LogP contribution in [0.3, 0.4) is 0 Å². The topological polar surface area (TPSA) is 80.4 Å². The first kappa shape index (κ1) is 16.7. The summed E-state index contributed by atoms with van der Waals surface area (Å²) in [4.78, 5) is 12.6. The van der Waals surface area contributed by atoms with E-state index >= 15 is 0 Å². The maximum absolute atomic E-state index is 12.0. The Hall–Kier alpha value is -1.70. The number of Topliss-reactive ketones (excluding diaryl/α,β-unsaturated/α-hetero) is 1.